The van der Waals surface area contributed by atoms with Crippen LogP contribution in [0.5, 0.6) is 0 Å². The number of aliphatic hydroxyl groups is 5. The molecule has 19 heavy (non-hydrogen) atoms. The third-order valence-corrected chi connectivity index (χ3v) is 2.85. The molecule has 4 atom stereocenters. The number of aliphatic hydroxyl groups excluding tert-OH is 5. The topological polar surface area (TPSA) is 141 Å². The molecule has 0 aromatic heterocycles. The third kappa shape index (κ3) is 10.5. The van der Waals surface area contributed by atoms with E-state index in [4.69, 9.17) is 25.5 Å². The van der Waals surface area contributed by atoms with Crippen molar-refractivity contribution in [1.82, 2.24) is 0 Å². The van der Waals surface area contributed by atoms with Crippen LogP contribution in [0.3, 0.4) is 0 Å². The van der Waals surface area contributed by atoms with Crippen LogP contribution < -0.4 is 5.11 Å². The van der Waals surface area contributed by atoms with E-state index < -0.39 is 37.0 Å². The minimum atomic E-state index is -2.31. The molecule has 8 heteroatoms. The predicted molar refractivity (Wildman–Crippen MR) is 66.2 cm³/mol. The average molecular weight is 291 g/mol. The summed E-state index contributed by atoms with van der Waals surface area (Å²) in [5.41, 5.74) is 0. The summed E-state index contributed by atoms with van der Waals surface area (Å²) in [7, 11) is 0. The Labute approximate surface area is 125 Å². The molecule has 0 spiro atoms. The van der Waals surface area contributed by atoms with Crippen LogP contribution in [0.25, 0.3) is 0 Å². The number of hydrogen-bond acceptors (Lipinski definition) is 7. The number of aliphatic carboxylic acids is 1. The molecule has 0 amide bonds. The van der Waals surface area contributed by atoms with E-state index in [1.165, 1.54) is 23.8 Å². The summed E-state index contributed by atoms with van der Waals surface area (Å²) in [6.07, 6.45) is -3.87. The molecular formula is C11H22MgO7. The van der Waals surface area contributed by atoms with Gasteiger partial charge in [-0.25, -0.2) is 0 Å². The summed E-state index contributed by atoms with van der Waals surface area (Å²) in [4.78, 5) is 9.98. The zero-order valence-corrected chi connectivity index (χ0v) is 12.5. The average Bonchev–Trinajstić information content (AvgIpc) is 2.42. The first kappa shape index (κ1) is 21.3. The van der Waals surface area contributed by atoms with E-state index in [0.717, 1.165) is 0 Å². The predicted octanol–water partition coefficient (Wildman–Crippen LogP) is -3.06. The first-order valence-electron chi connectivity index (χ1n) is 6.16. The molecule has 0 heterocycles. The van der Waals surface area contributed by atoms with Crippen LogP contribution in [-0.4, -0.2) is 84.2 Å². The molecule has 0 aromatic carbocycles. The molecule has 0 aliphatic carbocycles. The van der Waals surface area contributed by atoms with E-state index in [1.54, 1.807) is 0 Å². The van der Waals surface area contributed by atoms with Gasteiger partial charge in [-0.15, -0.1) is 0 Å². The van der Waals surface area contributed by atoms with Crippen molar-refractivity contribution < 1.29 is 35.4 Å². The monoisotopic (exact) mass is 290 g/mol. The zero-order chi connectivity index (χ0) is 15.4. The normalized spacial score (nSPS) is 16.8. The molecule has 0 fully saturated rings. The quantitative estimate of drug-likeness (QED) is 0.236. The van der Waals surface area contributed by atoms with E-state index in [-0.39, 0.29) is 0 Å². The summed E-state index contributed by atoms with van der Waals surface area (Å²) in [6.45, 7) is 1.37. The number of carbonyl (C=O) groups excluding carboxylic acids is 1. The van der Waals surface area contributed by atoms with Gasteiger partial charge in [0.1, 0.15) is 24.4 Å². The van der Waals surface area contributed by atoms with Gasteiger partial charge in [-0.05, 0) is 0 Å². The number of carboxylic acid groups (broad SMARTS) is 1. The summed E-state index contributed by atoms with van der Waals surface area (Å²) >= 11 is 2.07. The zero-order valence-electron chi connectivity index (χ0n) is 11.1. The Bertz CT molecular complexity index is 223. The van der Waals surface area contributed by atoms with Crippen molar-refractivity contribution in [3.63, 3.8) is 0 Å². The first-order valence-corrected chi connectivity index (χ1v) is 7.16. The standard InChI is InChI=1S/C6H12O7.C5H11.Mg/c7-1-2(8)3(9)4(10)5(11)6(12)13;1-3-5-4-2;/h2-5,7-11H,1H2,(H,12,13);1,3-5H2,2H3;/q;;+1/p-1. The van der Waals surface area contributed by atoms with Gasteiger partial charge in [0.2, 0.25) is 0 Å². The van der Waals surface area contributed by atoms with Crippen LogP contribution in [0.1, 0.15) is 26.2 Å². The minimum absolute atomic E-state index is 0.863. The van der Waals surface area contributed by atoms with Crippen LogP contribution in [0.15, 0.2) is 0 Å². The third-order valence-electron chi connectivity index (χ3n) is 2.35. The Balaban J connectivity index is 0. The molecule has 0 bridgehead atoms. The molecular weight excluding hydrogens is 268 g/mol. The van der Waals surface area contributed by atoms with Gasteiger partial charge in [0.25, 0.3) is 0 Å². The van der Waals surface area contributed by atoms with Gasteiger partial charge in [0.15, 0.2) is 0 Å². The van der Waals surface area contributed by atoms with Crippen molar-refractivity contribution >= 4 is 27.7 Å². The maximum absolute atomic E-state index is 9.98. The Hall–Kier alpha value is 0.0362. The molecule has 4 unspecified atom stereocenters. The van der Waals surface area contributed by atoms with Gasteiger partial charge in [-0.2, -0.15) is 0 Å². The fourth-order valence-corrected chi connectivity index (χ4v) is 1.44. The summed E-state index contributed by atoms with van der Waals surface area (Å²) in [6, 6.07) is 0. The largest absolute Gasteiger partial charge is 0.547 e. The maximum Gasteiger partial charge on any atom is 0.122 e. The fraction of sp³-hybridized carbons (Fsp3) is 0.909. The maximum atomic E-state index is 9.98. The van der Waals surface area contributed by atoms with Crippen molar-refractivity contribution in [3.05, 3.63) is 0 Å². The van der Waals surface area contributed by atoms with E-state index in [2.05, 4.69) is 28.6 Å². The Kier molecular flexibility index (Phi) is 14.6. The van der Waals surface area contributed by atoms with Gasteiger partial charge < -0.3 is 35.4 Å². The smallest absolute Gasteiger partial charge is 0.122 e. The Morgan fingerprint density at radius 1 is 1.16 bits per heavy atom. The van der Waals surface area contributed by atoms with E-state index in [0.29, 0.717) is 0 Å². The molecule has 0 aliphatic heterocycles. The van der Waals surface area contributed by atoms with Crippen molar-refractivity contribution in [1.29, 1.82) is 0 Å². The Morgan fingerprint density at radius 3 is 1.95 bits per heavy atom. The van der Waals surface area contributed by atoms with Crippen LogP contribution in [0.4, 0.5) is 0 Å². The molecule has 5 N–H and O–H groups in total. The number of unbranched alkanes of at least 4 members (excludes halogenated alkanes) is 2. The SMILES string of the molecule is CCCC[CH2][Mg+].O=C([O-])C(O)C(O)C(O)C(O)CO. The van der Waals surface area contributed by atoms with Crippen LogP contribution >= 0.6 is 0 Å². The molecule has 110 valence electrons. The molecule has 0 aliphatic rings. The second-order valence-electron chi connectivity index (χ2n) is 4.06. The van der Waals surface area contributed by atoms with Crippen molar-refractivity contribution in [2.24, 2.45) is 0 Å². The summed E-state index contributed by atoms with van der Waals surface area (Å²) < 4.78 is 1.38. The molecule has 0 rings (SSSR count). The molecule has 0 aromatic rings. The van der Waals surface area contributed by atoms with Crippen LogP contribution in [-0.2, 0) is 4.79 Å². The molecule has 0 radical (unpaired) electrons. The first-order chi connectivity index (χ1) is 8.83. The second kappa shape index (κ2) is 13.0. The van der Waals surface area contributed by atoms with Gasteiger partial charge >= 0.3 is 52.4 Å². The molecule has 7 nitrogen and oxygen atoms in total. The fourth-order valence-electron chi connectivity index (χ4n) is 1.09. The van der Waals surface area contributed by atoms with Gasteiger partial charge in [0.05, 0.1) is 12.6 Å². The van der Waals surface area contributed by atoms with E-state index in [1.807, 2.05) is 0 Å². The number of rotatable bonds is 8. The second-order valence-corrected chi connectivity index (χ2v) is 4.76. The number of carbonyl (C=O) groups is 1. The van der Waals surface area contributed by atoms with Crippen molar-refractivity contribution in [2.75, 3.05) is 6.61 Å². The van der Waals surface area contributed by atoms with E-state index >= 15 is 0 Å². The van der Waals surface area contributed by atoms with Crippen molar-refractivity contribution in [3.8, 4) is 0 Å². The molecule has 0 saturated carbocycles. The Morgan fingerprint density at radius 2 is 1.68 bits per heavy atom. The number of carboxylic acids is 1. The molecule has 0 saturated heterocycles. The number of hydrogen-bond donors (Lipinski definition) is 5. The van der Waals surface area contributed by atoms with E-state index in [9.17, 15) is 9.90 Å². The van der Waals surface area contributed by atoms with Crippen molar-refractivity contribution in [2.45, 2.75) is 55.2 Å². The van der Waals surface area contributed by atoms with Gasteiger partial charge in [-0.3, -0.25) is 0 Å². The van der Waals surface area contributed by atoms with Crippen LogP contribution in [0.2, 0.25) is 4.55 Å². The van der Waals surface area contributed by atoms with Gasteiger partial charge in [-0.1, -0.05) is 0 Å². The van der Waals surface area contributed by atoms with Gasteiger partial charge in [0, 0.05) is 0 Å². The summed E-state index contributed by atoms with van der Waals surface area (Å²) in [5, 5.41) is 53.4. The van der Waals surface area contributed by atoms with Crippen LogP contribution in [0, 0.1) is 0 Å². The minimum Gasteiger partial charge on any atom is -0.547 e. The summed E-state index contributed by atoms with van der Waals surface area (Å²) in [5.74, 6) is -1.98.